The summed E-state index contributed by atoms with van der Waals surface area (Å²) in [4.78, 5) is 9.20. The fraction of sp³-hybridized carbons (Fsp3) is 0.417. The van der Waals surface area contributed by atoms with Gasteiger partial charge in [0.05, 0.1) is 5.69 Å². The summed E-state index contributed by atoms with van der Waals surface area (Å²) < 4.78 is 32.0. The summed E-state index contributed by atoms with van der Waals surface area (Å²) in [6.45, 7) is 4.37. The molecule has 1 aliphatic carbocycles. The number of rotatable bonds is 10. The maximum absolute atomic E-state index is 13.2. The second kappa shape index (κ2) is 11.5. The lowest BCUT2D eigenvalue weighted by Crippen LogP contribution is -2.08. The average molecular weight is 461 g/mol. The van der Waals surface area contributed by atoms with Gasteiger partial charge in [-0.05, 0) is 66.8 Å². The number of hydrogen-bond donors (Lipinski definition) is 2. The SMILES string of the molecule is CCCCCPC1=Cc2c(nc(C)nc2NCc2cc(N)cc(C(F)F)c2)C=CC1OC. The van der Waals surface area contributed by atoms with Crippen LogP contribution in [0, 0.1) is 6.92 Å². The van der Waals surface area contributed by atoms with E-state index in [4.69, 9.17) is 10.5 Å². The van der Waals surface area contributed by atoms with Crippen LogP contribution in [-0.2, 0) is 11.3 Å². The zero-order chi connectivity index (χ0) is 23.1. The van der Waals surface area contributed by atoms with Crippen LogP contribution in [0.4, 0.5) is 20.3 Å². The van der Waals surface area contributed by atoms with E-state index >= 15 is 0 Å². The second-order valence-electron chi connectivity index (χ2n) is 7.83. The molecule has 3 rings (SSSR count). The Kier molecular flexibility index (Phi) is 8.71. The zero-order valence-corrected chi connectivity index (χ0v) is 19.8. The van der Waals surface area contributed by atoms with Crippen molar-refractivity contribution in [1.82, 2.24) is 9.97 Å². The number of aromatic nitrogens is 2. The number of fused-ring (bicyclic) bond motifs is 1. The van der Waals surface area contributed by atoms with Gasteiger partial charge in [-0.1, -0.05) is 28.3 Å². The molecule has 0 saturated carbocycles. The third-order valence-corrected chi connectivity index (χ3v) is 6.68. The molecule has 2 unspecified atom stereocenters. The quantitative estimate of drug-likeness (QED) is 0.252. The van der Waals surface area contributed by atoms with E-state index in [2.05, 4.69) is 28.3 Å². The number of halogens is 2. The van der Waals surface area contributed by atoms with Crippen LogP contribution >= 0.6 is 8.58 Å². The minimum absolute atomic E-state index is 0.0826. The minimum Gasteiger partial charge on any atom is -0.399 e. The van der Waals surface area contributed by atoms with E-state index in [1.54, 1.807) is 13.2 Å². The fourth-order valence-corrected chi connectivity index (χ4v) is 5.03. The largest absolute Gasteiger partial charge is 0.399 e. The number of nitrogens with zero attached hydrogens (tertiary/aromatic N) is 2. The van der Waals surface area contributed by atoms with Crippen molar-refractivity contribution >= 4 is 32.2 Å². The van der Waals surface area contributed by atoms with Gasteiger partial charge in [0.15, 0.2) is 0 Å². The van der Waals surface area contributed by atoms with Crippen LogP contribution in [0.1, 0.15) is 60.8 Å². The normalized spacial score (nSPS) is 15.8. The Morgan fingerprint density at radius 1 is 1.22 bits per heavy atom. The van der Waals surface area contributed by atoms with Gasteiger partial charge in [0.1, 0.15) is 17.7 Å². The molecule has 0 amide bonds. The summed E-state index contributed by atoms with van der Waals surface area (Å²) in [6.07, 6.45) is 8.20. The predicted molar refractivity (Wildman–Crippen MR) is 130 cm³/mol. The molecule has 0 fully saturated rings. The maximum Gasteiger partial charge on any atom is 0.263 e. The minimum atomic E-state index is -2.56. The van der Waals surface area contributed by atoms with Crippen molar-refractivity contribution in [2.24, 2.45) is 0 Å². The molecule has 2 aromatic rings. The van der Waals surface area contributed by atoms with Crippen LogP contribution in [0.3, 0.4) is 0 Å². The number of nitrogens with one attached hydrogen (secondary N) is 1. The van der Waals surface area contributed by atoms with Gasteiger partial charge in [0, 0.05) is 30.5 Å². The van der Waals surface area contributed by atoms with Crippen LogP contribution in [0.25, 0.3) is 12.2 Å². The Bertz CT molecular complexity index is 994. The highest BCUT2D eigenvalue weighted by Gasteiger charge is 2.19. The van der Waals surface area contributed by atoms with Crippen LogP contribution < -0.4 is 11.1 Å². The molecule has 1 aromatic carbocycles. The molecule has 2 atom stereocenters. The molecule has 8 heteroatoms. The molecule has 0 aliphatic heterocycles. The molecule has 0 spiro atoms. The molecule has 1 aromatic heterocycles. The number of hydrogen-bond acceptors (Lipinski definition) is 5. The number of ether oxygens (including phenoxy) is 1. The highest BCUT2D eigenvalue weighted by Crippen LogP contribution is 2.36. The number of unbranched alkanes of at least 4 members (excludes halogenated alkanes) is 2. The Labute approximate surface area is 190 Å². The number of anilines is 2. The van der Waals surface area contributed by atoms with E-state index < -0.39 is 6.43 Å². The van der Waals surface area contributed by atoms with Gasteiger partial charge in [0.2, 0.25) is 0 Å². The third kappa shape index (κ3) is 6.33. The van der Waals surface area contributed by atoms with Crippen molar-refractivity contribution in [1.29, 1.82) is 0 Å². The second-order valence-corrected chi connectivity index (χ2v) is 9.26. The number of methoxy groups -OCH3 is 1. The van der Waals surface area contributed by atoms with Crippen molar-refractivity contribution in [2.45, 2.75) is 52.2 Å². The number of aryl methyl sites for hydroxylation is 1. The lowest BCUT2D eigenvalue weighted by molar-refractivity contribution is 0.151. The highest BCUT2D eigenvalue weighted by molar-refractivity contribution is 7.43. The lowest BCUT2D eigenvalue weighted by atomic mass is 10.1. The van der Waals surface area contributed by atoms with Crippen molar-refractivity contribution in [3.63, 3.8) is 0 Å². The van der Waals surface area contributed by atoms with Gasteiger partial charge in [0.25, 0.3) is 6.43 Å². The van der Waals surface area contributed by atoms with E-state index in [1.165, 1.54) is 36.7 Å². The number of benzene rings is 1. The number of nitrogen functional groups attached to an aromatic ring is 1. The van der Waals surface area contributed by atoms with Gasteiger partial charge < -0.3 is 15.8 Å². The third-order valence-electron chi connectivity index (χ3n) is 5.23. The molecule has 32 heavy (non-hydrogen) atoms. The van der Waals surface area contributed by atoms with Gasteiger partial charge in [-0.25, -0.2) is 18.7 Å². The Balaban J connectivity index is 1.89. The molecular weight excluding hydrogens is 429 g/mol. The summed E-state index contributed by atoms with van der Waals surface area (Å²) in [7, 11) is 2.36. The van der Waals surface area contributed by atoms with E-state index in [1.807, 2.05) is 19.1 Å². The highest BCUT2D eigenvalue weighted by atomic mass is 31.1. The van der Waals surface area contributed by atoms with Crippen LogP contribution in [0.5, 0.6) is 0 Å². The summed E-state index contributed by atoms with van der Waals surface area (Å²) in [5.74, 6) is 1.30. The average Bonchev–Trinajstić information content (AvgIpc) is 2.93. The van der Waals surface area contributed by atoms with Gasteiger partial charge in [-0.2, -0.15) is 0 Å². The molecule has 172 valence electrons. The van der Waals surface area contributed by atoms with Crippen LogP contribution in [-0.4, -0.2) is 29.3 Å². The Morgan fingerprint density at radius 3 is 2.75 bits per heavy atom. The van der Waals surface area contributed by atoms with E-state index in [0.717, 1.165) is 17.4 Å². The smallest absolute Gasteiger partial charge is 0.263 e. The monoisotopic (exact) mass is 460 g/mol. The van der Waals surface area contributed by atoms with Crippen LogP contribution in [0.2, 0.25) is 0 Å². The van der Waals surface area contributed by atoms with Gasteiger partial charge in [-0.3, -0.25) is 0 Å². The predicted octanol–water partition coefficient (Wildman–Crippen LogP) is 6.17. The zero-order valence-electron chi connectivity index (χ0n) is 18.8. The number of nitrogens with two attached hydrogens (primary N) is 1. The van der Waals surface area contributed by atoms with Crippen molar-refractivity contribution in [2.75, 3.05) is 24.3 Å². The molecule has 3 N–H and O–H groups in total. The van der Waals surface area contributed by atoms with Crippen molar-refractivity contribution in [3.05, 3.63) is 57.8 Å². The van der Waals surface area contributed by atoms with Gasteiger partial charge in [-0.15, -0.1) is 0 Å². The molecule has 1 heterocycles. The summed E-state index contributed by atoms with van der Waals surface area (Å²) in [5.41, 5.74) is 8.44. The molecular formula is C24H31F2N4OP. The first-order chi connectivity index (χ1) is 15.4. The topological polar surface area (TPSA) is 73.1 Å². The van der Waals surface area contributed by atoms with Crippen LogP contribution in [0.15, 0.2) is 29.6 Å². The summed E-state index contributed by atoms with van der Waals surface area (Å²) in [6, 6.07) is 4.47. The maximum atomic E-state index is 13.2. The van der Waals surface area contributed by atoms with Crippen molar-refractivity contribution < 1.29 is 13.5 Å². The first kappa shape index (κ1) is 24.3. The Hall–Kier alpha value is -2.37. The Morgan fingerprint density at radius 2 is 2.03 bits per heavy atom. The summed E-state index contributed by atoms with van der Waals surface area (Å²) in [5, 5.41) is 4.52. The molecule has 0 bridgehead atoms. The fourth-order valence-electron chi connectivity index (χ4n) is 3.65. The first-order valence-corrected chi connectivity index (χ1v) is 12.1. The van der Waals surface area contributed by atoms with Gasteiger partial charge >= 0.3 is 0 Å². The molecule has 0 radical (unpaired) electrons. The molecule has 1 aliphatic rings. The van der Waals surface area contributed by atoms with Crippen molar-refractivity contribution in [3.8, 4) is 0 Å². The molecule has 0 saturated heterocycles. The van der Waals surface area contributed by atoms with E-state index in [9.17, 15) is 8.78 Å². The molecule has 5 nitrogen and oxygen atoms in total. The summed E-state index contributed by atoms with van der Waals surface area (Å²) >= 11 is 0. The number of alkyl halides is 2. The lowest BCUT2D eigenvalue weighted by Gasteiger charge is -2.16. The standard InChI is InChI=1S/C24H31F2N4OP/c1-4-5-6-9-32-22-13-19-20(7-8-21(22)31-3)29-15(2)30-24(19)28-14-16-10-17(23(25)26)12-18(27)11-16/h7-8,10-13,21,23,32H,4-6,9,14,27H2,1-3H3,(H,28,29,30). The van der Waals surface area contributed by atoms with E-state index in [0.29, 0.717) is 38.0 Å². The first-order valence-electron chi connectivity index (χ1n) is 10.9. The van der Waals surface area contributed by atoms with E-state index in [-0.39, 0.29) is 11.7 Å².